The Kier molecular flexibility index (Phi) is 7.25. The van der Waals surface area contributed by atoms with Crippen LogP contribution in [-0.2, 0) is 11.3 Å². The first kappa shape index (κ1) is 20.2. The molecule has 0 aliphatic carbocycles. The lowest BCUT2D eigenvalue weighted by Crippen LogP contribution is -2.51. The first-order valence-corrected chi connectivity index (χ1v) is 9.02. The van der Waals surface area contributed by atoms with Crippen molar-refractivity contribution in [3.05, 3.63) is 35.9 Å². The largest absolute Gasteiger partial charge is 0.392 e. The highest BCUT2D eigenvalue weighted by Gasteiger charge is 2.36. The number of amides is 1. The molecule has 1 amide bonds. The standard InChI is InChI=1S/C19H29N3O2.ClH/c1-19(8-5-9-20-14-19)18(24)21-11-16-10-17(23)13-22(16)12-15-6-3-2-4-7-15;/h2-4,6-7,16-17,20,23H,5,8-14H2,1H3,(H,21,24);1H. The molecule has 2 fully saturated rings. The summed E-state index contributed by atoms with van der Waals surface area (Å²) in [5.74, 6) is 0.135. The molecule has 3 atom stereocenters. The number of nitrogens with one attached hydrogen (secondary N) is 2. The van der Waals surface area contributed by atoms with Crippen LogP contribution in [-0.4, -0.2) is 54.2 Å². The summed E-state index contributed by atoms with van der Waals surface area (Å²) in [7, 11) is 0. The van der Waals surface area contributed by atoms with Crippen molar-refractivity contribution >= 4 is 18.3 Å². The Labute approximate surface area is 156 Å². The summed E-state index contributed by atoms with van der Waals surface area (Å²) < 4.78 is 0. The summed E-state index contributed by atoms with van der Waals surface area (Å²) in [5, 5.41) is 16.5. The smallest absolute Gasteiger partial charge is 0.227 e. The van der Waals surface area contributed by atoms with Crippen LogP contribution in [0.3, 0.4) is 0 Å². The molecular formula is C19H30ClN3O2. The number of carbonyl (C=O) groups excluding carboxylic acids is 1. The van der Waals surface area contributed by atoms with Gasteiger partial charge in [-0.25, -0.2) is 0 Å². The predicted octanol–water partition coefficient (Wildman–Crippen LogP) is 1.55. The zero-order valence-corrected chi connectivity index (χ0v) is 15.7. The lowest BCUT2D eigenvalue weighted by molar-refractivity contribution is -0.131. The molecule has 6 heteroatoms. The highest BCUT2D eigenvalue weighted by Crippen LogP contribution is 2.26. The van der Waals surface area contributed by atoms with Gasteiger partial charge in [-0.1, -0.05) is 30.3 Å². The highest BCUT2D eigenvalue weighted by atomic mass is 35.5. The highest BCUT2D eigenvalue weighted by molar-refractivity contribution is 5.85. The average Bonchev–Trinajstić information content (AvgIpc) is 2.93. The van der Waals surface area contributed by atoms with Crippen LogP contribution in [0.25, 0.3) is 0 Å². The van der Waals surface area contributed by atoms with E-state index in [-0.39, 0.29) is 35.9 Å². The van der Waals surface area contributed by atoms with Crippen LogP contribution < -0.4 is 10.6 Å². The summed E-state index contributed by atoms with van der Waals surface area (Å²) in [6, 6.07) is 10.5. The second-order valence-electron chi connectivity index (χ2n) is 7.51. The Balaban J connectivity index is 0.00000225. The van der Waals surface area contributed by atoms with Gasteiger partial charge in [0.05, 0.1) is 11.5 Å². The third kappa shape index (κ3) is 5.17. The quantitative estimate of drug-likeness (QED) is 0.738. The summed E-state index contributed by atoms with van der Waals surface area (Å²) in [6.07, 6.45) is 2.41. The van der Waals surface area contributed by atoms with Crippen molar-refractivity contribution in [3.8, 4) is 0 Å². The van der Waals surface area contributed by atoms with Crippen LogP contribution in [0, 0.1) is 5.41 Å². The number of halogens is 1. The molecule has 3 rings (SSSR count). The average molecular weight is 368 g/mol. The van der Waals surface area contributed by atoms with Gasteiger partial charge in [-0.2, -0.15) is 0 Å². The molecule has 1 aromatic rings. The molecule has 2 aliphatic heterocycles. The van der Waals surface area contributed by atoms with Gasteiger partial charge in [0.15, 0.2) is 0 Å². The van der Waals surface area contributed by atoms with Gasteiger partial charge in [0, 0.05) is 32.2 Å². The van der Waals surface area contributed by atoms with Gasteiger partial charge in [-0.3, -0.25) is 9.69 Å². The Bertz CT molecular complexity index is 549. The van der Waals surface area contributed by atoms with Gasteiger partial charge in [0.2, 0.25) is 5.91 Å². The lowest BCUT2D eigenvalue weighted by atomic mass is 9.82. The zero-order valence-electron chi connectivity index (χ0n) is 14.9. The maximum absolute atomic E-state index is 12.6. The van der Waals surface area contributed by atoms with Crippen LogP contribution >= 0.6 is 12.4 Å². The molecule has 25 heavy (non-hydrogen) atoms. The molecule has 0 radical (unpaired) electrons. The number of β-amino-alcohol motifs (C(OH)–C–C–N with tert-alkyl or cyclic N) is 1. The van der Waals surface area contributed by atoms with Crippen molar-refractivity contribution < 1.29 is 9.90 Å². The van der Waals surface area contributed by atoms with Gasteiger partial charge >= 0.3 is 0 Å². The first-order valence-electron chi connectivity index (χ1n) is 9.02. The lowest BCUT2D eigenvalue weighted by Gasteiger charge is -2.33. The van der Waals surface area contributed by atoms with Crippen LogP contribution in [0.15, 0.2) is 30.3 Å². The third-order valence-corrected chi connectivity index (χ3v) is 5.38. The summed E-state index contributed by atoms with van der Waals surface area (Å²) in [4.78, 5) is 14.9. The summed E-state index contributed by atoms with van der Waals surface area (Å²) >= 11 is 0. The number of likely N-dealkylation sites (tertiary alicyclic amines) is 1. The number of aliphatic hydroxyl groups excluding tert-OH is 1. The maximum atomic E-state index is 12.6. The molecule has 0 spiro atoms. The van der Waals surface area contributed by atoms with Crippen molar-refractivity contribution in [2.45, 2.75) is 44.9 Å². The van der Waals surface area contributed by atoms with Crippen molar-refractivity contribution in [1.82, 2.24) is 15.5 Å². The van der Waals surface area contributed by atoms with E-state index in [0.29, 0.717) is 13.1 Å². The van der Waals surface area contributed by atoms with Gasteiger partial charge in [0.25, 0.3) is 0 Å². The van der Waals surface area contributed by atoms with E-state index in [2.05, 4.69) is 27.7 Å². The molecule has 5 nitrogen and oxygen atoms in total. The van der Waals surface area contributed by atoms with Crippen LogP contribution in [0.4, 0.5) is 0 Å². The second kappa shape index (κ2) is 8.99. The monoisotopic (exact) mass is 367 g/mol. The normalized spacial score (nSPS) is 29.8. The molecule has 1 aromatic carbocycles. The SMILES string of the molecule is CC1(C(=O)NCC2CC(O)CN2Cc2ccccc2)CCCNC1.Cl. The molecule has 0 saturated carbocycles. The number of nitrogens with zero attached hydrogens (tertiary/aromatic N) is 1. The minimum atomic E-state index is -0.306. The van der Waals surface area contributed by atoms with Gasteiger partial charge in [-0.05, 0) is 38.3 Å². The minimum Gasteiger partial charge on any atom is -0.392 e. The molecule has 0 bridgehead atoms. The molecule has 3 N–H and O–H groups in total. The van der Waals surface area contributed by atoms with E-state index in [1.165, 1.54) is 5.56 Å². The molecule has 0 aromatic heterocycles. The van der Waals surface area contributed by atoms with E-state index >= 15 is 0 Å². The molecule has 2 heterocycles. The van der Waals surface area contributed by atoms with Gasteiger partial charge < -0.3 is 15.7 Å². The number of piperidine rings is 1. The van der Waals surface area contributed by atoms with Crippen molar-refractivity contribution in [2.24, 2.45) is 5.41 Å². The first-order chi connectivity index (χ1) is 11.6. The Morgan fingerprint density at radius 1 is 1.40 bits per heavy atom. The van der Waals surface area contributed by atoms with Gasteiger partial charge in [-0.15, -0.1) is 12.4 Å². The molecule has 2 saturated heterocycles. The topological polar surface area (TPSA) is 64.6 Å². The van der Waals surface area contributed by atoms with E-state index in [4.69, 9.17) is 0 Å². The fraction of sp³-hybridized carbons (Fsp3) is 0.632. The molecule has 140 valence electrons. The van der Waals surface area contributed by atoms with Gasteiger partial charge in [0.1, 0.15) is 0 Å². The predicted molar refractivity (Wildman–Crippen MR) is 102 cm³/mol. The summed E-state index contributed by atoms with van der Waals surface area (Å²) in [5.41, 5.74) is 0.936. The van der Waals surface area contributed by atoms with Crippen LogP contribution in [0.1, 0.15) is 31.7 Å². The Morgan fingerprint density at radius 3 is 2.84 bits per heavy atom. The third-order valence-electron chi connectivity index (χ3n) is 5.38. The van der Waals surface area contributed by atoms with Crippen molar-refractivity contribution in [3.63, 3.8) is 0 Å². The van der Waals surface area contributed by atoms with Crippen molar-refractivity contribution in [1.29, 1.82) is 0 Å². The van der Waals surface area contributed by atoms with E-state index in [9.17, 15) is 9.90 Å². The Hall–Kier alpha value is -1.14. The van der Waals surface area contributed by atoms with Crippen LogP contribution in [0.2, 0.25) is 0 Å². The number of hydrogen-bond donors (Lipinski definition) is 3. The summed E-state index contributed by atoms with van der Waals surface area (Å²) in [6.45, 7) is 5.89. The van der Waals surface area contributed by atoms with E-state index in [1.54, 1.807) is 0 Å². The number of carbonyl (C=O) groups is 1. The minimum absolute atomic E-state index is 0. The Morgan fingerprint density at radius 2 is 2.16 bits per heavy atom. The number of hydrogen-bond acceptors (Lipinski definition) is 4. The number of benzene rings is 1. The fourth-order valence-corrected chi connectivity index (χ4v) is 3.86. The van der Waals surface area contributed by atoms with E-state index in [0.717, 1.165) is 38.9 Å². The fourth-order valence-electron chi connectivity index (χ4n) is 3.86. The maximum Gasteiger partial charge on any atom is 0.227 e. The molecular weight excluding hydrogens is 338 g/mol. The second-order valence-corrected chi connectivity index (χ2v) is 7.51. The number of rotatable bonds is 5. The molecule has 2 aliphatic rings. The van der Waals surface area contributed by atoms with E-state index in [1.807, 2.05) is 25.1 Å². The van der Waals surface area contributed by atoms with Crippen molar-refractivity contribution in [2.75, 3.05) is 26.2 Å². The zero-order chi connectivity index (χ0) is 17.0. The molecule has 3 unspecified atom stereocenters. The van der Waals surface area contributed by atoms with E-state index < -0.39 is 0 Å². The van der Waals surface area contributed by atoms with Crippen LogP contribution in [0.5, 0.6) is 0 Å². The number of aliphatic hydroxyl groups is 1.